The van der Waals surface area contributed by atoms with Crippen LogP contribution in [0.4, 0.5) is 0 Å². The molecule has 7 heteroatoms. The summed E-state index contributed by atoms with van der Waals surface area (Å²) in [7, 11) is 1.29. The number of carbonyl (C=O) groups is 1. The van der Waals surface area contributed by atoms with Crippen LogP contribution in [-0.2, 0) is 4.74 Å². The van der Waals surface area contributed by atoms with Gasteiger partial charge >= 0.3 is 5.97 Å². The first-order valence-corrected chi connectivity index (χ1v) is 6.00. The number of carbonyl (C=O) groups excluding carboxylic acids is 1. The van der Waals surface area contributed by atoms with Gasteiger partial charge < -0.3 is 4.74 Å². The highest BCUT2D eigenvalue weighted by atomic mass is 32.1. The van der Waals surface area contributed by atoms with Crippen LogP contribution in [0.25, 0.3) is 15.9 Å². The van der Waals surface area contributed by atoms with Crippen molar-refractivity contribution in [3.8, 4) is 5.82 Å². The van der Waals surface area contributed by atoms with Gasteiger partial charge in [0.2, 0.25) is 0 Å². The largest absolute Gasteiger partial charge is 0.463 e. The molecule has 0 saturated carbocycles. The summed E-state index contributed by atoms with van der Waals surface area (Å²) in [4.78, 5) is 19.5. The molecule has 0 unspecified atom stereocenters. The molecular formula is C11H8N4O2S. The standard InChI is InChI=1S/C11H8N4O2S/c1-17-11(16)9-13-6-15(14-9)10-7-3-5-18-8(7)2-4-12-10/h2-6H,1H3. The first kappa shape index (κ1) is 10.8. The molecule has 3 rings (SSSR count). The lowest BCUT2D eigenvalue weighted by atomic mass is 10.3. The lowest BCUT2D eigenvalue weighted by Gasteiger charge is -2.00. The maximum atomic E-state index is 11.3. The third kappa shape index (κ3) is 1.65. The van der Waals surface area contributed by atoms with Gasteiger partial charge in [-0.05, 0) is 17.5 Å². The Bertz CT molecular complexity index is 718. The van der Waals surface area contributed by atoms with Crippen LogP contribution in [0.3, 0.4) is 0 Å². The molecule has 0 aliphatic rings. The monoisotopic (exact) mass is 260 g/mol. The van der Waals surface area contributed by atoms with E-state index in [-0.39, 0.29) is 5.82 Å². The van der Waals surface area contributed by atoms with Crippen LogP contribution in [0.15, 0.2) is 30.0 Å². The van der Waals surface area contributed by atoms with Gasteiger partial charge in [-0.3, -0.25) is 0 Å². The number of thiophene rings is 1. The van der Waals surface area contributed by atoms with Gasteiger partial charge in [0.05, 0.1) is 7.11 Å². The van der Waals surface area contributed by atoms with E-state index in [1.165, 1.54) is 18.1 Å². The van der Waals surface area contributed by atoms with Crippen molar-refractivity contribution >= 4 is 27.4 Å². The third-order valence-corrected chi connectivity index (χ3v) is 3.32. The SMILES string of the molecule is COC(=O)c1ncn(-c2nccc3sccc23)n1. The molecule has 3 heterocycles. The molecule has 0 radical (unpaired) electrons. The van der Waals surface area contributed by atoms with E-state index in [1.807, 2.05) is 17.5 Å². The molecule has 0 N–H and O–H groups in total. The summed E-state index contributed by atoms with van der Waals surface area (Å²) >= 11 is 1.62. The molecule has 0 bridgehead atoms. The lowest BCUT2D eigenvalue weighted by molar-refractivity contribution is 0.0587. The molecule has 0 saturated heterocycles. The fraction of sp³-hybridized carbons (Fsp3) is 0.0909. The smallest absolute Gasteiger partial charge is 0.377 e. The van der Waals surface area contributed by atoms with Crippen LogP contribution in [0.2, 0.25) is 0 Å². The summed E-state index contributed by atoms with van der Waals surface area (Å²) in [6, 6.07) is 3.89. The van der Waals surface area contributed by atoms with Gasteiger partial charge in [-0.1, -0.05) is 0 Å². The molecular weight excluding hydrogens is 252 g/mol. The first-order chi connectivity index (χ1) is 8.79. The Balaban J connectivity index is 2.12. The molecule has 0 aromatic carbocycles. The molecule has 3 aromatic rings. The molecule has 0 aliphatic carbocycles. The Labute approximate surface area is 106 Å². The zero-order chi connectivity index (χ0) is 12.5. The molecule has 6 nitrogen and oxygen atoms in total. The fourth-order valence-corrected chi connectivity index (χ4v) is 2.39. The topological polar surface area (TPSA) is 69.9 Å². The lowest BCUT2D eigenvalue weighted by Crippen LogP contribution is -2.05. The maximum absolute atomic E-state index is 11.3. The van der Waals surface area contributed by atoms with Crippen molar-refractivity contribution < 1.29 is 9.53 Å². The van der Waals surface area contributed by atoms with E-state index in [0.717, 1.165) is 10.1 Å². The summed E-state index contributed by atoms with van der Waals surface area (Å²) in [5, 5.41) is 7.01. The second-order valence-electron chi connectivity index (χ2n) is 3.47. The molecule has 0 fully saturated rings. The molecule has 90 valence electrons. The maximum Gasteiger partial charge on any atom is 0.377 e. The van der Waals surface area contributed by atoms with Crippen LogP contribution in [-0.4, -0.2) is 32.8 Å². The van der Waals surface area contributed by atoms with Crippen LogP contribution >= 0.6 is 11.3 Å². The Morgan fingerprint density at radius 2 is 2.28 bits per heavy atom. The predicted octanol–water partition coefficient (Wildman–Crippen LogP) is 1.66. The average Bonchev–Trinajstić information content (AvgIpc) is 3.05. The Hall–Kier alpha value is -2.28. The number of methoxy groups -OCH3 is 1. The zero-order valence-electron chi connectivity index (χ0n) is 9.40. The number of ether oxygens (including phenoxy) is 1. The van der Waals surface area contributed by atoms with Gasteiger partial charge in [-0.15, -0.1) is 16.4 Å². The normalized spacial score (nSPS) is 10.7. The van der Waals surface area contributed by atoms with Crippen molar-refractivity contribution in [2.75, 3.05) is 7.11 Å². The van der Waals surface area contributed by atoms with Crippen molar-refractivity contribution in [3.05, 3.63) is 35.9 Å². The minimum absolute atomic E-state index is 0.0199. The predicted molar refractivity (Wildman–Crippen MR) is 65.9 cm³/mol. The van der Waals surface area contributed by atoms with Crippen LogP contribution < -0.4 is 0 Å². The Morgan fingerprint density at radius 1 is 1.39 bits per heavy atom. The van der Waals surface area contributed by atoms with E-state index in [1.54, 1.807) is 17.5 Å². The summed E-state index contributed by atoms with van der Waals surface area (Å²) in [6.07, 6.45) is 3.15. The average molecular weight is 260 g/mol. The van der Waals surface area contributed by atoms with Gasteiger partial charge in [0.1, 0.15) is 6.33 Å². The van der Waals surface area contributed by atoms with E-state index >= 15 is 0 Å². The van der Waals surface area contributed by atoms with Crippen LogP contribution in [0, 0.1) is 0 Å². The number of aromatic nitrogens is 4. The van der Waals surface area contributed by atoms with Crippen molar-refractivity contribution in [1.29, 1.82) is 0 Å². The van der Waals surface area contributed by atoms with E-state index < -0.39 is 5.97 Å². The number of hydrogen-bond donors (Lipinski definition) is 0. The van der Waals surface area contributed by atoms with Crippen molar-refractivity contribution in [3.63, 3.8) is 0 Å². The molecule has 18 heavy (non-hydrogen) atoms. The fourth-order valence-electron chi connectivity index (χ4n) is 1.61. The van der Waals surface area contributed by atoms with Gasteiger partial charge in [-0.2, -0.15) is 0 Å². The van der Waals surface area contributed by atoms with Crippen LogP contribution in [0.5, 0.6) is 0 Å². The summed E-state index contributed by atoms with van der Waals surface area (Å²) in [5.74, 6) is 0.106. The molecule has 0 spiro atoms. The van der Waals surface area contributed by atoms with Gasteiger partial charge in [0, 0.05) is 16.3 Å². The van der Waals surface area contributed by atoms with E-state index in [0.29, 0.717) is 5.82 Å². The van der Waals surface area contributed by atoms with Gasteiger partial charge in [-0.25, -0.2) is 19.4 Å². The Morgan fingerprint density at radius 3 is 3.11 bits per heavy atom. The molecule has 0 aliphatic heterocycles. The summed E-state index contributed by atoms with van der Waals surface area (Å²) < 4.78 is 7.14. The molecule has 3 aromatic heterocycles. The molecule has 0 amide bonds. The van der Waals surface area contributed by atoms with E-state index in [9.17, 15) is 4.79 Å². The van der Waals surface area contributed by atoms with Gasteiger partial charge in [0.25, 0.3) is 5.82 Å². The highest BCUT2D eigenvalue weighted by Gasteiger charge is 2.14. The summed E-state index contributed by atoms with van der Waals surface area (Å²) in [6.45, 7) is 0. The van der Waals surface area contributed by atoms with E-state index in [2.05, 4.69) is 19.8 Å². The quantitative estimate of drug-likeness (QED) is 0.655. The Kier molecular flexibility index (Phi) is 2.52. The van der Waals surface area contributed by atoms with E-state index in [4.69, 9.17) is 0 Å². The zero-order valence-corrected chi connectivity index (χ0v) is 10.2. The second-order valence-corrected chi connectivity index (χ2v) is 4.42. The highest BCUT2D eigenvalue weighted by molar-refractivity contribution is 7.17. The number of pyridine rings is 1. The van der Waals surface area contributed by atoms with Crippen molar-refractivity contribution in [2.24, 2.45) is 0 Å². The van der Waals surface area contributed by atoms with Crippen LogP contribution in [0.1, 0.15) is 10.6 Å². The van der Waals surface area contributed by atoms with Crippen molar-refractivity contribution in [2.45, 2.75) is 0 Å². The number of rotatable bonds is 2. The number of hydrogen-bond acceptors (Lipinski definition) is 6. The van der Waals surface area contributed by atoms with Crippen molar-refractivity contribution in [1.82, 2.24) is 19.7 Å². The first-order valence-electron chi connectivity index (χ1n) is 5.12. The minimum Gasteiger partial charge on any atom is -0.463 e. The number of nitrogens with zero attached hydrogens (tertiary/aromatic N) is 4. The summed E-state index contributed by atoms with van der Waals surface area (Å²) in [5.41, 5.74) is 0. The van der Waals surface area contributed by atoms with Gasteiger partial charge in [0.15, 0.2) is 5.82 Å². The minimum atomic E-state index is -0.564. The molecule has 0 atom stereocenters. The number of fused-ring (bicyclic) bond motifs is 1. The number of esters is 1. The highest BCUT2D eigenvalue weighted by Crippen LogP contribution is 2.24. The second kappa shape index (κ2) is 4.19. The third-order valence-electron chi connectivity index (χ3n) is 2.44.